The summed E-state index contributed by atoms with van der Waals surface area (Å²) in [6.07, 6.45) is 1.33. The van der Waals surface area contributed by atoms with Crippen molar-refractivity contribution >= 4 is 11.9 Å². The third-order valence-corrected chi connectivity index (χ3v) is 3.78. The highest BCUT2D eigenvalue weighted by Gasteiger charge is 2.21. The van der Waals surface area contributed by atoms with E-state index >= 15 is 0 Å². The van der Waals surface area contributed by atoms with E-state index in [2.05, 4.69) is 24.0 Å². The van der Waals surface area contributed by atoms with E-state index in [9.17, 15) is 4.79 Å². The van der Waals surface area contributed by atoms with Crippen LogP contribution in [0, 0.1) is 0 Å². The number of hydrogen-bond donors (Lipinski definition) is 0. The lowest BCUT2D eigenvalue weighted by atomic mass is 10.1. The van der Waals surface area contributed by atoms with E-state index in [0.29, 0.717) is 13.1 Å². The number of aromatic nitrogens is 1. The number of ether oxygens (including phenoxy) is 1. The predicted octanol–water partition coefficient (Wildman–Crippen LogP) is 2.48. The molecule has 0 spiro atoms. The summed E-state index contributed by atoms with van der Waals surface area (Å²) >= 11 is 0. The van der Waals surface area contributed by atoms with E-state index in [-0.39, 0.29) is 12.2 Å². The van der Waals surface area contributed by atoms with Gasteiger partial charge in [-0.3, -0.25) is 0 Å². The Morgan fingerprint density at radius 3 is 2.76 bits per heavy atom. The molecule has 0 aromatic carbocycles. The quantitative estimate of drug-likeness (QED) is 0.858. The van der Waals surface area contributed by atoms with Crippen molar-refractivity contribution < 1.29 is 9.53 Å². The van der Waals surface area contributed by atoms with E-state index in [1.807, 2.05) is 20.9 Å². The zero-order valence-electron chi connectivity index (χ0n) is 13.4. The molecule has 0 bridgehead atoms. The SMILES string of the molecule is CCN(C)c1ccc2c(n1)CCN(C(=O)OC(C)C)CC2. The number of nitrogens with zero attached hydrogens (tertiary/aromatic N) is 3. The molecule has 5 nitrogen and oxygen atoms in total. The summed E-state index contributed by atoms with van der Waals surface area (Å²) in [6, 6.07) is 4.20. The van der Waals surface area contributed by atoms with Crippen molar-refractivity contribution in [3.8, 4) is 0 Å². The van der Waals surface area contributed by atoms with E-state index < -0.39 is 0 Å². The summed E-state index contributed by atoms with van der Waals surface area (Å²) in [5.41, 5.74) is 2.34. The van der Waals surface area contributed by atoms with Crippen molar-refractivity contribution in [2.75, 3.05) is 31.6 Å². The van der Waals surface area contributed by atoms with Crippen molar-refractivity contribution in [2.24, 2.45) is 0 Å². The van der Waals surface area contributed by atoms with E-state index in [1.54, 1.807) is 4.90 Å². The van der Waals surface area contributed by atoms with Crippen LogP contribution in [0.15, 0.2) is 12.1 Å². The molecule has 5 heteroatoms. The van der Waals surface area contributed by atoms with E-state index in [0.717, 1.165) is 30.9 Å². The van der Waals surface area contributed by atoms with Crippen LogP contribution in [-0.2, 0) is 17.6 Å². The smallest absolute Gasteiger partial charge is 0.410 e. The van der Waals surface area contributed by atoms with Gasteiger partial charge in [0.1, 0.15) is 5.82 Å². The van der Waals surface area contributed by atoms with Crippen molar-refractivity contribution in [1.29, 1.82) is 0 Å². The molecule has 0 saturated heterocycles. The lowest BCUT2D eigenvalue weighted by Gasteiger charge is -2.21. The van der Waals surface area contributed by atoms with Gasteiger partial charge in [-0.25, -0.2) is 9.78 Å². The van der Waals surface area contributed by atoms with Crippen LogP contribution in [0.1, 0.15) is 32.0 Å². The molecule has 0 N–H and O–H groups in total. The molecule has 1 aromatic rings. The summed E-state index contributed by atoms with van der Waals surface area (Å²) < 4.78 is 5.28. The molecule has 116 valence electrons. The Balaban J connectivity index is 2.08. The summed E-state index contributed by atoms with van der Waals surface area (Å²) in [6.45, 7) is 8.15. The second-order valence-corrected chi connectivity index (χ2v) is 5.71. The standard InChI is InChI=1S/C16H25N3O2/c1-5-18(4)15-7-6-13-8-10-19(11-9-14(13)17-15)16(20)21-12(2)3/h6-7,12H,5,8-11H2,1-4H3. The summed E-state index contributed by atoms with van der Waals surface area (Å²) in [5, 5.41) is 0. The molecule has 1 aliphatic rings. The highest BCUT2D eigenvalue weighted by molar-refractivity contribution is 5.68. The van der Waals surface area contributed by atoms with Crippen LogP contribution in [0.3, 0.4) is 0 Å². The van der Waals surface area contributed by atoms with E-state index in [1.165, 1.54) is 5.56 Å². The van der Waals surface area contributed by atoms with Crippen molar-refractivity contribution in [1.82, 2.24) is 9.88 Å². The third kappa shape index (κ3) is 3.86. The fourth-order valence-corrected chi connectivity index (χ4v) is 2.40. The number of carbonyl (C=O) groups is 1. The van der Waals surface area contributed by atoms with Gasteiger partial charge in [0, 0.05) is 38.8 Å². The molecule has 2 rings (SSSR count). The van der Waals surface area contributed by atoms with Gasteiger partial charge in [0.15, 0.2) is 0 Å². The first-order valence-corrected chi connectivity index (χ1v) is 7.66. The maximum atomic E-state index is 12.0. The van der Waals surface area contributed by atoms with Crippen LogP contribution >= 0.6 is 0 Å². The van der Waals surface area contributed by atoms with Gasteiger partial charge in [0.2, 0.25) is 0 Å². The number of rotatable bonds is 3. The second kappa shape index (κ2) is 6.78. The van der Waals surface area contributed by atoms with Crippen LogP contribution in [0.5, 0.6) is 0 Å². The first-order valence-electron chi connectivity index (χ1n) is 7.66. The highest BCUT2D eigenvalue weighted by Crippen LogP contribution is 2.19. The van der Waals surface area contributed by atoms with Gasteiger partial charge < -0.3 is 14.5 Å². The number of amides is 1. The maximum Gasteiger partial charge on any atom is 0.410 e. The monoisotopic (exact) mass is 291 g/mol. The first-order chi connectivity index (χ1) is 10.0. The van der Waals surface area contributed by atoms with Crippen LogP contribution in [0.25, 0.3) is 0 Å². The number of anilines is 1. The molecule has 1 aliphatic heterocycles. The van der Waals surface area contributed by atoms with Crippen molar-refractivity contribution in [3.63, 3.8) is 0 Å². The van der Waals surface area contributed by atoms with E-state index in [4.69, 9.17) is 9.72 Å². The van der Waals surface area contributed by atoms with Gasteiger partial charge in [-0.05, 0) is 38.8 Å². The molecule has 0 fully saturated rings. The average Bonchev–Trinajstić information content (AvgIpc) is 2.67. The number of fused-ring (bicyclic) bond motifs is 1. The Labute approximate surface area is 126 Å². The fourth-order valence-electron chi connectivity index (χ4n) is 2.40. The van der Waals surface area contributed by atoms with Crippen molar-refractivity contribution in [2.45, 2.75) is 39.7 Å². The Kier molecular flexibility index (Phi) is 5.04. The molecule has 0 saturated carbocycles. The third-order valence-electron chi connectivity index (χ3n) is 3.78. The average molecular weight is 291 g/mol. The van der Waals surface area contributed by atoms with Gasteiger partial charge in [-0.1, -0.05) is 6.07 Å². The molecule has 0 unspecified atom stereocenters. The molecule has 0 radical (unpaired) electrons. The molecular weight excluding hydrogens is 266 g/mol. The van der Waals surface area contributed by atoms with Crippen LogP contribution < -0.4 is 4.90 Å². The Bertz CT molecular complexity index is 502. The second-order valence-electron chi connectivity index (χ2n) is 5.71. The summed E-state index contributed by atoms with van der Waals surface area (Å²) in [5.74, 6) is 0.995. The topological polar surface area (TPSA) is 45.7 Å². The largest absolute Gasteiger partial charge is 0.447 e. The Morgan fingerprint density at radius 1 is 1.38 bits per heavy atom. The van der Waals surface area contributed by atoms with Gasteiger partial charge in [0.05, 0.1) is 6.10 Å². The minimum Gasteiger partial charge on any atom is -0.447 e. The van der Waals surface area contributed by atoms with Crippen LogP contribution in [-0.4, -0.2) is 48.8 Å². The Morgan fingerprint density at radius 2 is 2.10 bits per heavy atom. The zero-order valence-corrected chi connectivity index (χ0v) is 13.4. The first kappa shape index (κ1) is 15.6. The maximum absolute atomic E-state index is 12.0. The lowest BCUT2D eigenvalue weighted by Crippen LogP contribution is -2.35. The minimum atomic E-state index is -0.219. The normalized spacial score (nSPS) is 14.6. The summed E-state index contributed by atoms with van der Waals surface area (Å²) in [7, 11) is 2.04. The fraction of sp³-hybridized carbons (Fsp3) is 0.625. The molecule has 1 aromatic heterocycles. The van der Waals surface area contributed by atoms with Crippen LogP contribution in [0.2, 0.25) is 0 Å². The molecule has 0 atom stereocenters. The predicted molar refractivity (Wildman–Crippen MR) is 83.8 cm³/mol. The lowest BCUT2D eigenvalue weighted by molar-refractivity contribution is 0.0781. The summed E-state index contributed by atoms with van der Waals surface area (Å²) in [4.78, 5) is 20.7. The van der Waals surface area contributed by atoms with Gasteiger partial charge in [-0.2, -0.15) is 0 Å². The van der Waals surface area contributed by atoms with Gasteiger partial charge >= 0.3 is 6.09 Å². The zero-order chi connectivity index (χ0) is 15.4. The van der Waals surface area contributed by atoms with Gasteiger partial charge in [0.25, 0.3) is 0 Å². The Hall–Kier alpha value is -1.78. The number of hydrogen-bond acceptors (Lipinski definition) is 4. The molecule has 2 heterocycles. The molecule has 0 aliphatic carbocycles. The highest BCUT2D eigenvalue weighted by atomic mass is 16.6. The van der Waals surface area contributed by atoms with Crippen LogP contribution in [0.4, 0.5) is 10.6 Å². The minimum absolute atomic E-state index is 0.0777. The molecule has 21 heavy (non-hydrogen) atoms. The molecule has 1 amide bonds. The van der Waals surface area contributed by atoms with Gasteiger partial charge in [-0.15, -0.1) is 0 Å². The number of carbonyl (C=O) groups excluding carboxylic acids is 1. The molecular formula is C16H25N3O2. The number of pyridine rings is 1. The van der Waals surface area contributed by atoms with Crippen molar-refractivity contribution in [3.05, 3.63) is 23.4 Å².